The highest BCUT2D eigenvalue weighted by Gasteiger charge is 2.22. The first-order chi connectivity index (χ1) is 13.6. The number of amides is 1. The van der Waals surface area contributed by atoms with Crippen LogP contribution in [-0.2, 0) is 24.9 Å². The van der Waals surface area contributed by atoms with Crippen LogP contribution in [0.25, 0.3) is 0 Å². The van der Waals surface area contributed by atoms with Gasteiger partial charge >= 0.3 is 0 Å². The fourth-order valence-corrected chi connectivity index (χ4v) is 3.51. The summed E-state index contributed by atoms with van der Waals surface area (Å²) < 4.78 is 3.60. The third kappa shape index (κ3) is 4.13. The van der Waals surface area contributed by atoms with E-state index in [0.29, 0.717) is 24.5 Å². The predicted octanol–water partition coefficient (Wildman–Crippen LogP) is 1.54. The summed E-state index contributed by atoms with van der Waals surface area (Å²) in [4.78, 5) is 14.5. The molecule has 4 rings (SSSR count). The Morgan fingerprint density at radius 3 is 2.86 bits per heavy atom. The maximum absolute atomic E-state index is 12.4. The minimum atomic E-state index is -0.747. The van der Waals surface area contributed by atoms with Crippen LogP contribution in [0.2, 0.25) is 0 Å². The molecule has 0 saturated heterocycles. The number of nitrogens with zero attached hydrogens (tertiary/aromatic N) is 5. The van der Waals surface area contributed by atoms with Crippen molar-refractivity contribution in [3.8, 4) is 0 Å². The summed E-state index contributed by atoms with van der Waals surface area (Å²) in [5, 5.41) is 22.2. The molecule has 1 aliphatic rings. The van der Waals surface area contributed by atoms with Crippen molar-refractivity contribution in [2.45, 2.75) is 25.6 Å². The summed E-state index contributed by atoms with van der Waals surface area (Å²) in [6, 6.07) is 11.5. The average molecular weight is 380 g/mol. The van der Waals surface area contributed by atoms with Crippen LogP contribution in [0.1, 0.15) is 29.5 Å². The molecule has 2 N–H and O–H groups in total. The van der Waals surface area contributed by atoms with E-state index in [9.17, 15) is 9.90 Å². The molecule has 0 aliphatic carbocycles. The summed E-state index contributed by atoms with van der Waals surface area (Å²) in [5.41, 5.74) is 3.17. The van der Waals surface area contributed by atoms with Crippen molar-refractivity contribution >= 4 is 11.6 Å². The molecular weight excluding hydrogens is 356 g/mol. The molecule has 146 valence electrons. The number of benzene rings is 1. The summed E-state index contributed by atoms with van der Waals surface area (Å²) in [5.74, 6) is -0.0643. The van der Waals surface area contributed by atoms with E-state index < -0.39 is 6.10 Å². The minimum absolute atomic E-state index is 0.0643. The Labute approximate surface area is 163 Å². The Bertz CT molecular complexity index is 949. The van der Waals surface area contributed by atoms with Gasteiger partial charge in [0.1, 0.15) is 6.10 Å². The van der Waals surface area contributed by atoms with Crippen molar-refractivity contribution in [3.63, 3.8) is 0 Å². The number of aryl methyl sites for hydroxylation is 2. The summed E-state index contributed by atoms with van der Waals surface area (Å²) >= 11 is 0. The van der Waals surface area contributed by atoms with Gasteiger partial charge in [-0.25, -0.2) is 0 Å². The van der Waals surface area contributed by atoms with Crippen LogP contribution in [0, 0.1) is 0 Å². The standard InChI is InChI=1S/C20H24N6O2/c1-24-12-16(11-21-24)22-19(27)14-25-8-5-9-26-17(13-25)10-18(23-26)20(28)15-6-3-2-4-7-15/h2-4,6-7,10-12,20,28H,5,8-9,13-14H2,1H3,(H,22,27). The van der Waals surface area contributed by atoms with Gasteiger partial charge in [0.2, 0.25) is 5.91 Å². The smallest absolute Gasteiger partial charge is 0.238 e. The molecule has 1 aromatic carbocycles. The molecule has 3 aromatic rings. The Morgan fingerprint density at radius 1 is 1.29 bits per heavy atom. The third-order valence-corrected chi connectivity index (χ3v) is 4.86. The molecule has 2 aromatic heterocycles. The average Bonchev–Trinajstić information content (AvgIpc) is 3.23. The normalized spacial score (nSPS) is 15.6. The zero-order valence-electron chi connectivity index (χ0n) is 15.8. The molecular formula is C20H24N6O2. The molecule has 28 heavy (non-hydrogen) atoms. The quantitative estimate of drug-likeness (QED) is 0.701. The molecule has 0 fully saturated rings. The number of aliphatic hydroxyl groups excluding tert-OH is 1. The van der Waals surface area contributed by atoms with Gasteiger partial charge in [-0.05, 0) is 18.1 Å². The van der Waals surface area contributed by atoms with Gasteiger partial charge in [0.25, 0.3) is 0 Å². The topological polar surface area (TPSA) is 88.2 Å². The van der Waals surface area contributed by atoms with E-state index in [0.717, 1.165) is 30.8 Å². The van der Waals surface area contributed by atoms with E-state index in [-0.39, 0.29) is 5.91 Å². The van der Waals surface area contributed by atoms with Crippen molar-refractivity contribution in [1.82, 2.24) is 24.5 Å². The Morgan fingerprint density at radius 2 is 2.11 bits per heavy atom. The van der Waals surface area contributed by atoms with Crippen LogP contribution in [0.5, 0.6) is 0 Å². The molecule has 1 unspecified atom stereocenters. The molecule has 0 radical (unpaired) electrons. The van der Waals surface area contributed by atoms with Crippen molar-refractivity contribution in [3.05, 3.63) is 65.7 Å². The Kier molecular flexibility index (Phi) is 5.23. The second-order valence-electron chi connectivity index (χ2n) is 7.11. The zero-order chi connectivity index (χ0) is 19.5. The fraction of sp³-hybridized carbons (Fsp3) is 0.350. The number of hydrogen-bond donors (Lipinski definition) is 2. The van der Waals surface area contributed by atoms with Crippen molar-refractivity contribution in [1.29, 1.82) is 0 Å². The van der Waals surface area contributed by atoms with Gasteiger partial charge in [-0.2, -0.15) is 10.2 Å². The summed E-state index contributed by atoms with van der Waals surface area (Å²) in [7, 11) is 1.81. The lowest BCUT2D eigenvalue weighted by Crippen LogP contribution is -2.33. The number of aromatic nitrogens is 4. The third-order valence-electron chi connectivity index (χ3n) is 4.86. The molecule has 8 heteroatoms. The molecule has 1 aliphatic heterocycles. The van der Waals surface area contributed by atoms with Crippen LogP contribution in [0.3, 0.4) is 0 Å². The maximum Gasteiger partial charge on any atom is 0.238 e. The highest BCUT2D eigenvalue weighted by Crippen LogP contribution is 2.23. The highest BCUT2D eigenvalue weighted by atomic mass is 16.3. The Balaban J connectivity index is 1.43. The van der Waals surface area contributed by atoms with E-state index >= 15 is 0 Å². The maximum atomic E-state index is 12.4. The number of hydrogen-bond acceptors (Lipinski definition) is 5. The molecule has 0 bridgehead atoms. The monoisotopic (exact) mass is 380 g/mol. The summed E-state index contributed by atoms with van der Waals surface area (Å²) in [6.07, 6.45) is 3.55. The largest absolute Gasteiger partial charge is 0.382 e. The summed E-state index contributed by atoms with van der Waals surface area (Å²) in [6.45, 7) is 2.52. The lowest BCUT2D eigenvalue weighted by molar-refractivity contribution is -0.117. The highest BCUT2D eigenvalue weighted by molar-refractivity contribution is 5.91. The first kappa shape index (κ1) is 18.4. The molecule has 1 atom stereocenters. The van der Waals surface area contributed by atoms with Crippen molar-refractivity contribution in [2.75, 3.05) is 18.4 Å². The van der Waals surface area contributed by atoms with E-state index in [1.165, 1.54) is 0 Å². The van der Waals surface area contributed by atoms with E-state index in [1.54, 1.807) is 17.1 Å². The van der Waals surface area contributed by atoms with E-state index in [4.69, 9.17) is 0 Å². The van der Waals surface area contributed by atoms with Gasteiger partial charge in [-0.3, -0.25) is 19.1 Å². The number of carbonyl (C=O) groups excluding carboxylic acids is 1. The van der Waals surface area contributed by atoms with Gasteiger partial charge < -0.3 is 10.4 Å². The van der Waals surface area contributed by atoms with Gasteiger partial charge in [0.15, 0.2) is 0 Å². The predicted molar refractivity (Wildman–Crippen MR) is 104 cm³/mol. The van der Waals surface area contributed by atoms with Crippen LogP contribution in [0.15, 0.2) is 48.8 Å². The first-order valence-electron chi connectivity index (χ1n) is 9.39. The van der Waals surface area contributed by atoms with E-state index in [2.05, 4.69) is 20.4 Å². The first-order valence-corrected chi connectivity index (χ1v) is 9.39. The van der Waals surface area contributed by atoms with Crippen LogP contribution < -0.4 is 5.32 Å². The molecule has 0 spiro atoms. The van der Waals surface area contributed by atoms with Gasteiger partial charge in [0, 0.05) is 32.9 Å². The van der Waals surface area contributed by atoms with Crippen molar-refractivity contribution in [2.24, 2.45) is 7.05 Å². The number of aliphatic hydroxyl groups is 1. The number of rotatable bonds is 5. The fourth-order valence-electron chi connectivity index (χ4n) is 3.51. The molecule has 1 amide bonds. The molecule has 3 heterocycles. The lowest BCUT2D eigenvalue weighted by atomic mass is 10.1. The van der Waals surface area contributed by atoms with Crippen LogP contribution in [-0.4, -0.2) is 48.6 Å². The SMILES string of the molecule is Cn1cc(NC(=O)CN2CCCn3nc(C(O)c4ccccc4)cc3C2)cn1. The van der Waals surface area contributed by atoms with Crippen molar-refractivity contribution < 1.29 is 9.90 Å². The molecule has 8 nitrogen and oxygen atoms in total. The Hall–Kier alpha value is -2.97. The lowest BCUT2D eigenvalue weighted by Gasteiger charge is -2.18. The number of carbonyl (C=O) groups is 1. The second-order valence-corrected chi connectivity index (χ2v) is 7.11. The van der Waals surface area contributed by atoms with Crippen LogP contribution in [0.4, 0.5) is 5.69 Å². The van der Waals surface area contributed by atoms with Gasteiger partial charge in [-0.1, -0.05) is 30.3 Å². The molecule has 0 saturated carbocycles. The van der Waals surface area contributed by atoms with Gasteiger partial charge in [0.05, 0.1) is 29.8 Å². The zero-order valence-corrected chi connectivity index (χ0v) is 15.8. The minimum Gasteiger partial charge on any atom is -0.382 e. The second kappa shape index (κ2) is 7.95. The number of nitrogens with one attached hydrogen (secondary N) is 1. The van der Waals surface area contributed by atoms with Crippen LogP contribution >= 0.6 is 0 Å². The number of anilines is 1. The van der Waals surface area contributed by atoms with Gasteiger partial charge in [-0.15, -0.1) is 0 Å². The van der Waals surface area contributed by atoms with E-state index in [1.807, 2.05) is 48.1 Å². The number of fused-ring (bicyclic) bond motifs is 1.